The molecule has 5 nitrogen and oxygen atoms in total. The number of hydrogen-bond donors (Lipinski definition) is 0. The Bertz CT molecular complexity index is 782. The fraction of sp³-hybridized carbons (Fsp3) is 0.381. The number of carbonyl (C=O) groups excluding carboxylic acids is 1. The van der Waals surface area contributed by atoms with E-state index in [-0.39, 0.29) is 5.91 Å². The zero-order valence-electron chi connectivity index (χ0n) is 15.9. The lowest BCUT2D eigenvalue weighted by Gasteiger charge is -2.34. The molecule has 0 aliphatic carbocycles. The van der Waals surface area contributed by atoms with Crippen molar-refractivity contribution >= 4 is 16.7 Å². The molecule has 1 heterocycles. The van der Waals surface area contributed by atoms with E-state index in [0.29, 0.717) is 12.2 Å². The van der Waals surface area contributed by atoms with Gasteiger partial charge in [0.15, 0.2) is 0 Å². The molecule has 0 radical (unpaired) electrons. The Morgan fingerprint density at radius 2 is 1.63 bits per heavy atom. The van der Waals surface area contributed by atoms with Gasteiger partial charge in [-0.2, -0.15) is 0 Å². The topological polar surface area (TPSA) is 49.9 Å². The van der Waals surface area contributed by atoms with Crippen LogP contribution in [0.5, 0.6) is 5.75 Å². The van der Waals surface area contributed by atoms with Crippen LogP contribution in [0.2, 0.25) is 0 Å². The number of piperazine rings is 1. The van der Waals surface area contributed by atoms with E-state index < -0.39 is 10.8 Å². The van der Waals surface area contributed by atoms with Crippen molar-refractivity contribution in [1.29, 1.82) is 0 Å². The van der Waals surface area contributed by atoms with Crippen molar-refractivity contribution in [2.75, 3.05) is 39.0 Å². The highest BCUT2D eigenvalue weighted by atomic mass is 32.2. The second-order valence-corrected chi connectivity index (χ2v) is 8.00. The Hall–Kier alpha value is -2.18. The zero-order chi connectivity index (χ0) is 19.2. The molecule has 2 aromatic carbocycles. The molecule has 1 amide bonds. The summed E-state index contributed by atoms with van der Waals surface area (Å²) in [5.74, 6) is 0.943. The van der Waals surface area contributed by atoms with Crippen molar-refractivity contribution in [2.24, 2.45) is 0 Å². The lowest BCUT2D eigenvalue weighted by atomic mass is 10.1. The van der Waals surface area contributed by atoms with E-state index in [1.165, 1.54) is 5.56 Å². The number of rotatable bonds is 6. The van der Waals surface area contributed by atoms with E-state index in [9.17, 15) is 9.00 Å². The predicted molar refractivity (Wildman–Crippen MR) is 108 cm³/mol. The van der Waals surface area contributed by atoms with Crippen LogP contribution < -0.4 is 4.74 Å². The molecule has 1 saturated heterocycles. The molecule has 0 saturated carbocycles. The van der Waals surface area contributed by atoms with Gasteiger partial charge in [0.2, 0.25) is 0 Å². The van der Waals surface area contributed by atoms with E-state index in [1.807, 2.05) is 24.0 Å². The second-order valence-electron chi connectivity index (χ2n) is 6.62. The van der Waals surface area contributed by atoms with E-state index in [4.69, 9.17) is 4.74 Å². The van der Waals surface area contributed by atoms with Gasteiger partial charge in [0.1, 0.15) is 5.75 Å². The number of carbonyl (C=O) groups is 1. The fourth-order valence-corrected chi connectivity index (χ4v) is 3.72. The van der Waals surface area contributed by atoms with Crippen LogP contribution in [0, 0.1) is 0 Å². The fourth-order valence-electron chi connectivity index (χ4n) is 3.20. The van der Waals surface area contributed by atoms with Gasteiger partial charge in [-0.05, 0) is 48.9 Å². The molecule has 1 aliphatic heterocycles. The molecule has 0 aromatic heterocycles. The number of hydrogen-bond acceptors (Lipinski definition) is 4. The molecule has 144 valence electrons. The van der Waals surface area contributed by atoms with Gasteiger partial charge >= 0.3 is 0 Å². The highest BCUT2D eigenvalue weighted by Gasteiger charge is 2.22. The molecular weight excluding hydrogens is 360 g/mol. The predicted octanol–water partition coefficient (Wildman–Crippen LogP) is 2.78. The average molecular weight is 387 g/mol. The monoisotopic (exact) mass is 386 g/mol. The molecule has 1 aliphatic rings. The van der Waals surface area contributed by atoms with E-state index in [0.717, 1.165) is 43.4 Å². The number of amides is 1. The van der Waals surface area contributed by atoms with Crippen LogP contribution in [0.25, 0.3) is 0 Å². The van der Waals surface area contributed by atoms with Gasteiger partial charge in [0, 0.05) is 60.2 Å². The first kappa shape index (κ1) is 19.6. The molecule has 0 bridgehead atoms. The summed E-state index contributed by atoms with van der Waals surface area (Å²) in [6.07, 6.45) is 1.64. The summed E-state index contributed by atoms with van der Waals surface area (Å²) in [7, 11) is -1.02. The van der Waals surface area contributed by atoms with Crippen LogP contribution >= 0.6 is 0 Å². The van der Waals surface area contributed by atoms with Gasteiger partial charge in [-0.1, -0.05) is 12.1 Å². The van der Waals surface area contributed by atoms with Gasteiger partial charge in [-0.3, -0.25) is 13.9 Å². The SMILES string of the molecule is CCOc1ccc(CN2CCN(C(=O)c3ccc(S(C)=O)cc3)CC2)cc1. The number of ether oxygens (including phenoxy) is 1. The van der Waals surface area contributed by atoms with E-state index >= 15 is 0 Å². The molecule has 0 N–H and O–H groups in total. The van der Waals surface area contributed by atoms with Crippen LogP contribution in [0.15, 0.2) is 53.4 Å². The first-order valence-corrected chi connectivity index (χ1v) is 10.8. The van der Waals surface area contributed by atoms with Gasteiger partial charge < -0.3 is 9.64 Å². The molecule has 1 atom stereocenters. The molecule has 3 rings (SSSR count). The summed E-state index contributed by atoms with van der Waals surface area (Å²) in [5, 5.41) is 0. The van der Waals surface area contributed by atoms with Crippen molar-refractivity contribution in [2.45, 2.75) is 18.4 Å². The highest BCUT2D eigenvalue weighted by molar-refractivity contribution is 7.84. The Morgan fingerprint density at radius 3 is 2.19 bits per heavy atom. The maximum Gasteiger partial charge on any atom is 0.253 e. The quantitative estimate of drug-likeness (QED) is 0.766. The van der Waals surface area contributed by atoms with Crippen molar-refractivity contribution in [3.8, 4) is 5.75 Å². The Morgan fingerprint density at radius 1 is 1.00 bits per heavy atom. The van der Waals surface area contributed by atoms with Crippen molar-refractivity contribution in [1.82, 2.24) is 9.80 Å². The summed E-state index contributed by atoms with van der Waals surface area (Å²) in [4.78, 5) is 17.7. The molecule has 6 heteroatoms. The van der Waals surface area contributed by atoms with Crippen LogP contribution in [0.4, 0.5) is 0 Å². The summed E-state index contributed by atoms with van der Waals surface area (Å²) in [6.45, 7) is 6.69. The first-order chi connectivity index (χ1) is 13.1. The van der Waals surface area contributed by atoms with Crippen molar-refractivity contribution < 1.29 is 13.7 Å². The number of nitrogens with zero attached hydrogens (tertiary/aromatic N) is 2. The lowest BCUT2D eigenvalue weighted by Crippen LogP contribution is -2.48. The maximum atomic E-state index is 12.7. The minimum Gasteiger partial charge on any atom is -0.494 e. The normalized spacial score (nSPS) is 16.1. The lowest BCUT2D eigenvalue weighted by molar-refractivity contribution is 0.0628. The Balaban J connectivity index is 1.52. The van der Waals surface area contributed by atoms with E-state index in [2.05, 4.69) is 17.0 Å². The molecule has 0 spiro atoms. The summed E-state index contributed by atoms with van der Waals surface area (Å²) in [5.41, 5.74) is 1.91. The van der Waals surface area contributed by atoms with Gasteiger partial charge in [0.05, 0.1) is 6.61 Å². The molecule has 2 aromatic rings. The van der Waals surface area contributed by atoms with Gasteiger partial charge in [0.25, 0.3) is 5.91 Å². The molecular formula is C21H26N2O3S. The Labute approximate surface area is 163 Å². The summed E-state index contributed by atoms with van der Waals surface area (Å²) in [6, 6.07) is 15.3. The Kier molecular flexibility index (Phi) is 6.63. The second kappa shape index (κ2) is 9.15. The van der Waals surface area contributed by atoms with Crippen molar-refractivity contribution in [3.63, 3.8) is 0 Å². The maximum absolute atomic E-state index is 12.7. The van der Waals surface area contributed by atoms with Gasteiger partial charge in [-0.25, -0.2) is 0 Å². The first-order valence-electron chi connectivity index (χ1n) is 9.23. The zero-order valence-corrected chi connectivity index (χ0v) is 16.7. The number of benzene rings is 2. The van der Waals surface area contributed by atoms with E-state index in [1.54, 1.807) is 30.5 Å². The molecule has 1 fully saturated rings. The van der Waals surface area contributed by atoms with Crippen LogP contribution in [-0.4, -0.2) is 59.0 Å². The summed E-state index contributed by atoms with van der Waals surface area (Å²) >= 11 is 0. The average Bonchev–Trinajstić information content (AvgIpc) is 2.70. The highest BCUT2D eigenvalue weighted by Crippen LogP contribution is 2.16. The smallest absolute Gasteiger partial charge is 0.253 e. The minimum absolute atomic E-state index is 0.0455. The minimum atomic E-state index is -1.02. The van der Waals surface area contributed by atoms with Crippen LogP contribution in [0.1, 0.15) is 22.8 Å². The third-order valence-corrected chi connectivity index (χ3v) is 5.67. The van der Waals surface area contributed by atoms with Crippen molar-refractivity contribution in [3.05, 3.63) is 59.7 Å². The van der Waals surface area contributed by atoms with Crippen LogP contribution in [0.3, 0.4) is 0 Å². The summed E-state index contributed by atoms with van der Waals surface area (Å²) < 4.78 is 16.9. The molecule has 1 unspecified atom stereocenters. The molecule has 27 heavy (non-hydrogen) atoms. The van der Waals surface area contributed by atoms with Gasteiger partial charge in [-0.15, -0.1) is 0 Å². The van der Waals surface area contributed by atoms with Crippen LogP contribution in [-0.2, 0) is 17.3 Å². The third-order valence-electron chi connectivity index (χ3n) is 4.73. The standard InChI is InChI=1S/C21H26N2O3S/c1-3-26-19-8-4-17(5-9-19)16-22-12-14-23(15-13-22)21(24)18-6-10-20(11-7-18)27(2)25/h4-11H,3,12-16H2,1-2H3. The third kappa shape index (κ3) is 5.17. The largest absolute Gasteiger partial charge is 0.494 e.